The smallest absolute Gasteiger partial charge is 0.276 e. The summed E-state index contributed by atoms with van der Waals surface area (Å²) in [5, 5.41) is 2.61. The summed E-state index contributed by atoms with van der Waals surface area (Å²) in [5.41, 5.74) is 4.14. The summed E-state index contributed by atoms with van der Waals surface area (Å²) in [6.07, 6.45) is 1.86. The van der Waals surface area contributed by atoms with Gasteiger partial charge in [-0.05, 0) is 19.4 Å². The standard InChI is InChI=1S/C19H18F3N5O2S/c1-8-16(24-6-14(25-8)29-2)17(28)26-9-3-11(15(22)12(21)4-9)19(7-20)10-5-13(10)30-18(23)27-19/h3-4,6,10,13H,5,7H2,1-2H3,(H2,23,27)(H,26,28)/t10-,13?,19+/m1/s1. The van der Waals surface area contributed by atoms with Gasteiger partial charge in [-0.1, -0.05) is 11.8 Å². The van der Waals surface area contributed by atoms with Crippen LogP contribution in [0.5, 0.6) is 5.88 Å². The first kappa shape index (κ1) is 20.5. The van der Waals surface area contributed by atoms with Crippen molar-refractivity contribution in [2.24, 2.45) is 16.6 Å². The number of carbonyl (C=O) groups excluding carboxylic acids is 1. The summed E-state index contributed by atoms with van der Waals surface area (Å²) >= 11 is 1.30. The number of aromatic nitrogens is 2. The average molecular weight is 437 g/mol. The molecule has 4 rings (SSSR count). The van der Waals surface area contributed by atoms with Crippen molar-refractivity contribution in [2.75, 3.05) is 19.1 Å². The van der Waals surface area contributed by atoms with Crippen LogP contribution in [0, 0.1) is 24.5 Å². The molecule has 2 aliphatic rings. The Balaban J connectivity index is 1.71. The third-order valence-corrected chi connectivity index (χ3v) is 6.39. The topological polar surface area (TPSA) is 102 Å². The molecule has 1 aliphatic carbocycles. The highest BCUT2D eigenvalue weighted by atomic mass is 32.2. The van der Waals surface area contributed by atoms with E-state index in [4.69, 9.17) is 10.5 Å². The van der Waals surface area contributed by atoms with Crippen LogP contribution < -0.4 is 15.8 Å². The van der Waals surface area contributed by atoms with E-state index in [0.717, 1.165) is 6.07 Å². The molecule has 2 aromatic rings. The lowest BCUT2D eigenvalue weighted by atomic mass is 9.85. The van der Waals surface area contributed by atoms with Gasteiger partial charge < -0.3 is 15.8 Å². The van der Waals surface area contributed by atoms with E-state index in [1.165, 1.54) is 31.1 Å². The molecule has 3 atom stereocenters. The fourth-order valence-corrected chi connectivity index (χ4v) is 4.89. The molecule has 7 nitrogen and oxygen atoms in total. The van der Waals surface area contributed by atoms with Gasteiger partial charge in [-0.25, -0.2) is 28.1 Å². The van der Waals surface area contributed by atoms with Crippen molar-refractivity contribution in [1.82, 2.24) is 9.97 Å². The number of rotatable bonds is 5. The fraction of sp³-hybridized carbons (Fsp3) is 0.368. The zero-order valence-corrected chi connectivity index (χ0v) is 16.9. The number of thioether (sulfide) groups is 1. The van der Waals surface area contributed by atoms with E-state index in [1.54, 1.807) is 6.92 Å². The van der Waals surface area contributed by atoms with Gasteiger partial charge in [0.2, 0.25) is 5.88 Å². The molecule has 1 saturated carbocycles. The minimum atomic E-state index is -1.61. The number of aryl methyl sites for hydroxylation is 1. The lowest BCUT2D eigenvalue weighted by Gasteiger charge is -2.31. The zero-order valence-electron chi connectivity index (χ0n) is 16.1. The summed E-state index contributed by atoms with van der Waals surface area (Å²) in [6, 6.07) is 2.02. The van der Waals surface area contributed by atoms with Gasteiger partial charge in [-0.3, -0.25) is 4.79 Å². The van der Waals surface area contributed by atoms with E-state index in [-0.39, 0.29) is 44.9 Å². The Morgan fingerprint density at radius 1 is 1.43 bits per heavy atom. The second-order valence-electron chi connectivity index (χ2n) is 7.13. The number of ether oxygens (including phenoxy) is 1. The third kappa shape index (κ3) is 3.36. The molecule has 30 heavy (non-hydrogen) atoms. The highest BCUT2D eigenvalue weighted by Crippen LogP contribution is 2.58. The van der Waals surface area contributed by atoms with Crippen LogP contribution >= 0.6 is 11.8 Å². The molecule has 0 radical (unpaired) electrons. The number of carbonyl (C=O) groups is 1. The van der Waals surface area contributed by atoms with Crippen LogP contribution in [0.4, 0.5) is 18.9 Å². The Kier molecular flexibility index (Phi) is 5.08. The Morgan fingerprint density at radius 3 is 2.87 bits per heavy atom. The van der Waals surface area contributed by atoms with E-state index in [9.17, 15) is 18.0 Å². The molecule has 1 aromatic heterocycles. The van der Waals surface area contributed by atoms with Crippen LogP contribution in [-0.4, -0.2) is 40.1 Å². The maximum Gasteiger partial charge on any atom is 0.276 e. The van der Waals surface area contributed by atoms with Gasteiger partial charge in [0, 0.05) is 28.5 Å². The van der Waals surface area contributed by atoms with Crippen molar-refractivity contribution in [2.45, 2.75) is 24.1 Å². The van der Waals surface area contributed by atoms with Crippen molar-refractivity contribution in [3.05, 3.63) is 46.9 Å². The molecular weight excluding hydrogens is 419 g/mol. The molecule has 3 N–H and O–H groups in total. The number of hydrogen-bond acceptors (Lipinski definition) is 7. The molecule has 1 unspecified atom stereocenters. The molecule has 1 aromatic carbocycles. The molecule has 1 fully saturated rings. The van der Waals surface area contributed by atoms with Gasteiger partial charge >= 0.3 is 0 Å². The monoisotopic (exact) mass is 437 g/mol. The molecule has 158 valence electrons. The number of anilines is 1. The number of methoxy groups -OCH3 is 1. The number of amidine groups is 1. The Morgan fingerprint density at radius 2 is 2.20 bits per heavy atom. The second kappa shape index (κ2) is 7.46. The van der Waals surface area contributed by atoms with E-state index < -0.39 is 29.8 Å². The van der Waals surface area contributed by atoms with Gasteiger partial charge in [0.25, 0.3) is 5.91 Å². The van der Waals surface area contributed by atoms with Gasteiger partial charge in [0.1, 0.15) is 17.9 Å². The minimum Gasteiger partial charge on any atom is -0.480 e. The Bertz CT molecular complexity index is 1070. The molecule has 0 bridgehead atoms. The molecule has 2 heterocycles. The summed E-state index contributed by atoms with van der Waals surface area (Å²) in [6.45, 7) is 0.524. The zero-order chi connectivity index (χ0) is 21.6. The largest absolute Gasteiger partial charge is 0.480 e. The minimum absolute atomic E-state index is 0.0104. The Labute approximate surface area is 174 Å². The fourth-order valence-electron chi connectivity index (χ4n) is 3.67. The molecular formula is C19H18F3N5O2S. The van der Waals surface area contributed by atoms with Gasteiger partial charge in [-0.2, -0.15) is 0 Å². The lowest BCUT2D eigenvalue weighted by molar-refractivity contribution is 0.102. The maximum absolute atomic E-state index is 14.7. The van der Waals surface area contributed by atoms with Crippen LogP contribution in [0.2, 0.25) is 0 Å². The number of fused-ring (bicyclic) bond motifs is 1. The van der Waals surface area contributed by atoms with Crippen molar-refractivity contribution >= 4 is 28.5 Å². The molecule has 0 spiro atoms. The number of aliphatic imine (C=N–C) groups is 1. The number of alkyl halides is 1. The van der Waals surface area contributed by atoms with Gasteiger partial charge in [0.05, 0.1) is 19.0 Å². The Hall–Kier alpha value is -2.82. The summed E-state index contributed by atoms with van der Waals surface area (Å²) < 4.78 is 48.2. The van der Waals surface area contributed by atoms with Crippen molar-refractivity contribution < 1.29 is 22.7 Å². The summed E-state index contributed by atoms with van der Waals surface area (Å²) in [7, 11) is 1.41. The first-order chi connectivity index (χ1) is 14.3. The first-order valence-electron chi connectivity index (χ1n) is 9.05. The van der Waals surface area contributed by atoms with E-state index >= 15 is 0 Å². The lowest BCUT2D eigenvalue weighted by Crippen LogP contribution is -2.37. The summed E-state index contributed by atoms with van der Waals surface area (Å²) in [5.74, 6) is -3.18. The number of nitrogens with two attached hydrogens (primary N) is 1. The van der Waals surface area contributed by atoms with Gasteiger partial charge in [-0.15, -0.1) is 0 Å². The molecule has 1 aliphatic heterocycles. The molecule has 11 heteroatoms. The predicted octanol–water partition coefficient (Wildman–Crippen LogP) is 2.94. The summed E-state index contributed by atoms with van der Waals surface area (Å²) in [4.78, 5) is 24.8. The molecule has 1 amide bonds. The number of nitrogens with one attached hydrogen (secondary N) is 1. The van der Waals surface area contributed by atoms with E-state index in [0.29, 0.717) is 6.42 Å². The number of halogens is 3. The normalized spacial score (nSPS) is 24.6. The first-order valence-corrected chi connectivity index (χ1v) is 9.93. The van der Waals surface area contributed by atoms with Gasteiger partial charge in [0.15, 0.2) is 16.8 Å². The van der Waals surface area contributed by atoms with Crippen LogP contribution in [0.15, 0.2) is 23.3 Å². The maximum atomic E-state index is 14.7. The van der Waals surface area contributed by atoms with E-state index in [2.05, 4.69) is 20.3 Å². The van der Waals surface area contributed by atoms with Crippen LogP contribution in [0.25, 0.3) is 0 Å². The van der Waals surface area contributed by atoms with Crippen LogP contribution in [0.1, 0.15) is 28.2 Å². The van der Waals surface area contributed by atoms with Crippen molar-refractivity contribution in [3.63, 3.8) is 0 Å². The van der Waals surface area contributed by atoms with Crippen molar-refractivity contribution in [3.8, 4) is 5.88 Å². The number of hydrogen-bond donors (Lipinski definition) is 2. The van der Waals surface area contributed by atoms with Crippen LogP contribution in [-0.2, 0) is 5.54 Å². The highest BCUT2D eigenvalue weighted by Gasteiger charge is 2.58. The van der Waals surface area contributed by atoms with Crippen molar-refractivity contribution in [1.29, 1.82) is 0 Å². The quantitative estimate of drug-likeness (QED) is 0.746. The predicted molar refractivity (Wildman–Crippen MR) is 106 cm³/mol. The van der Waals surface area contributed by atoms with Crippen LogP contribution in [0.3, 0.4) is 0 Å². The third-order valence-electron chi connectivity index (χ3n) is 5.23. The average Bonchev–Trinajstić information content (AvgIpc) is 3.49. The SMILES string of the molecule is COc1cnc(C(=O)Nc2cc(F)c(F)c([C@@]3(CF)N=C(N)SC4C[C@H]43)c2)c(C)n1. The number of amides is 1. The highest BCUT2D eigenvalue weighted by molar-refractivity contribution is 8.14. The molecule has 0 saturated heterocycles. The second-order valence-corrected chi connectivity index (χ2v) is 8.39. The van der Waals surface area contributed by atoms with E-state index in [1.807, 2.05) is 0 Å². The number of nitrogens with zero attached hydrogens (tertiary/aromatic N) is 3. The number of benzene rings is 1.